The molecule has 2 atom stereocenters. The first-order chi connectivity index (χ1) is 7.45. The highest BCUT2D eigenvalue weighted by Gasteiger charge is 2.51. The first-order valence-corrected chi connectivity index (χ1v) is 6.90. The lowest BCUT2D eigenvalue weighted by atomic mass is 9.63. The summed E-state index contributed by atoms with van der Waals surface area (Å²) < 4.78 is 0. The van der Waals surface area contributed by atoms with Crippen LogP contribution in [-0.2, 0) is 0 Å². The van der Waals surface area contributed by atoms with Crippen molar-refractivity contribution in [2.75, 3.05) is 0 Å². The maximum atomic E-state index is 10.8. The SMILES string of the molecule is CC1CCC(O)(C2(O)CCCC(C)C2)CC1. The van der Waals surface area contributed by atoms with Crippen molar-refractivity contribution in [3.63, 3.8) is 0 Å². The van der Waals surface area contributed by atoms with Crippen LogP contribution < -0.4 is 0 Å². The zero-order valence-corrected chi connectivity index (χ0v) is 10.7. The van der Waals surface area contributed by atoms with Crippen LogP contribution in [0.3, 0.4) is 0 Å². The molecule has 0 radical (unpaired) electrons. The molecule has 16 heavy (non-hydrogen) atoms. The molecule has 2 nitrogen and oxygen atoms in total. The minimum Gasteiger partial charge on any atom is -0.387 e. The summed E-state index contributed by atoms with van der Waals surface area (Å²) in [5.74, 6) is 1.27. The standard InChI is InChI=1S/C14H26O2/c1-11-5-8-13(15,9-6-11)14(16)7-3-4-12(2)10-14/h11-12,15-16H,3-10H2,1-2H3. The average Bonchev–Trinajstić information content (AvgIpc) is 2.22. The maximum Gasteiger partial charge on any atom is 0.0935 e. The van der Waals surface area contributed by atoms with E-state index in [1.807, 2.05) is 0 Å². The van der Waals surface area contributed by atoms with Gasteiger partial charge in [0.1, 0.15) is 0 Å². The fraction of sp³-hybridized carbons (Fsp3) is 1.00. The Kier molecular flexibility index (Phi) is 3.33. The average molecular weight is 226 g/mol. The van der Waals surface area contributed by atoms with Gasteiger partial charge in [0.2, 0.25) is 0 Å². The third-order valence-electron chi connectivity index (χ3n) is 4.94. The second-order valence-electron chi connectivity index (χ2n) is 6.45. The second-order valence-corrected chi connectivity index (χ2v) is 6.45. The summed E-state index contributed by atoms with van der Waals surface area (Å²) in [7, 11) is 0. The van der Waals surface area contributed by atoms with Crippen LogP contribution in [0.5, 0.6) is 0 Å². The molecular weight excluding hydrogens is 200 g/mol. The number of hydrogen-bond donors (Lipinski definition) is 2. The van der Waals surface area contributed by atoms with Gasteiger partial charge in [-0.2, -0.15) is 0 Å². The van der Waals surface area contributed by atoms with E-state index in [9.17, 15) is 10.2 Å². The van der Waals surface area contributed by atoms with E-state index >= 15 is 0 Å². The lowest BCUT2D eigenvalue weighted by molar-refractivity contribution is -0.192. The molecule has 0 aromatic rings. The highest BCUT2D eigenvalue weighted by molar-refractivity contribution is 5.03. The smallest absolute Gasteiger partial charge is 0.0935 e. The van der Waals surface area contributed by atoms with Gasteiger partial charge < -0.3 is 10.2 Å². The zero-order chi connectivity index (χ0) is 11.8. The Labute approximate surface area is 99.1 Å². The Morgan fingerprint density at radius 1 is 0.812 bits per heavy atom. The van der Waals surface area contributed by atoms with Crippen molar-refractivity contribution in [3.05, 3.63) is 0 Å². The number of aliphatic hydroxyl groups is 2. The minimum absolute atomic E-state index is 0.558. The Morgan fingerprint density at radius 2 is 1.44 bits per heavy atom. The van der Waals surface area contributed by atoms with Gasteiger partial charge in [-0.25, -0.2) is 0 Å². The monoisotopic (exact) mass is 226 g/mol. The molecule has 2 saturated carbocycles. The third kappa shape index (κ3) is 2.14. The molecular formula is C14H26O2. The highest BCUT2D eigenvalue weighted by Crippen LogP contribution is 2.46. The van der Waals surface area contributed by atoms with E-state index in [2.05, 4.69) is 13.8 Å². The molecule has 2 fully saturated rings. The van der Waals surface area contributed by atoms with Crippen molar-refractivity contribution < 1.29 is 10.2 Å². The summed E-state index contributed by atoms with van der Waals surface area (Å²) in [6, 6.07) is 0. The highest BCUT2D eigenvalue weighted by atomic mass is 16.4. The molecule has 0 bridgehead atoms. The molecule has 2 aliphatic rings. The first-order valence-electron chi connectivity index (χ1n) is 6.90. The molecule has 2 N–H and O–H groups in total. The first kappa shape index (κ1) is 12.4. The largest absolute Gasteiger partial charge is 0.387 e. The predicted octanol–water partition coefficient (Wildman–Crippen LogP) is 2.87. The van der Waals surface area contributed by atoms with Crippen LogP contribution in [0.25, 0.3) is 0 Å². The summed E-state index contributed by atoms with van der Waals surface area (Å²) in [6.45, 7) is 4.44. The number of hydrogen-bond acceptors (Lipinski definition) is 2. The molecule has 94 valence electrons. The van der Waals surface area contributed by atoms with Crippen LogP contribution in [0.15, 0.2) is 0 Å². The van der Waals surface area contributed by atoms with Crippen LogP contribution in [0.2, 0.25) is 0 Å². The Hall–Kier alpha value is -0.0800. The quantitative estimate of drug-likeness (QED) is 0.722. The molecule has 2 rings (SSSR count). The van der Waals surface area contributed by atoms with Crippen LogP contribution in [0, 0.1) is 11.8 Å². The van der Waals surface area contributed by atoms with Crippen LogP contribution in [0.4, 0.5) is 0 Å². The molecule has 0 spiro atoms. The summed E-state index contributed by atoms with van der Waals surface area (Å²) in [5, 5.41) is 21.5. The van der Waals surface area contributed by atoms with Crippen molar-refractivity contribution in [1.29, 1.82) is 0 Å². The van der Waals surface area contributed by atoms with E-state index in [1.165, 1.54) is 6.42 Å². The van der Waals surface area contributed by atoms with Crippen molar-refractivity contribution in [2.45, 2.75) is 76.4 Å². The molecule has 0 heterocycles. The van der Waals surface area contributed by atoms with Crippen LogP contribution in [-0.4, -0.2) is 21.4 Å². The maximum absolute atomic E-state index is 10.8. The topological polar surface area (TPSA) is 40.5 Å². The zero-order valence-electron chi connectivity index (χ0n) is 10.7. The molecule has 0 saturated heterocycles. The van der Waals surface area contributed by atoms with E-state index < -0.39 is 11.2 Å². The van der Waals surface area contributed by atoms with E-state index in [1.54, 1.807) is 0 Å². The lowest BCUT2D eigenvalue weighted by Crippen LogP contribution is -2.57. The molecule has 0 aliphatic heterocycles. The van der Waals surface area contributed by atoms with Crippen LogP contribution in [0.1, 0.15) is 65.2 Å². The van der Waals surface area contributed by atoms with Gasteiger partial charge in [0.25, 0.3) is 0 Å². The molecule has 0 aromatic carbocycles. The summed E-state index contributed by atoms with van der Waals surface area (Å²) in [4.78, 5) is 0. The molecule has 2 aliphatic carbocycles. The van der Waals surface area contributed by atoms with Crippen molar-refractivity contribution in [1.82, 2.24) is 0 Å². The van der Waals surface area contributed by atoms with Gasteiger partial charge >= 0.3 is 0 Å². The van der Waals surface area contributed by atoms with Crippen molar-refractivity contribution >= 4 is 0 Å². The predicted molar refractivity (Wildman–Crippen MR) is 65.2 cm³/mol. The molecule has 2 unspecified atom stereocenters. The summed E-state index contributed by atoms with van der Waals surface area (Å²) in [6.07, 6.45) is 7.56. The molecule has 0 aromatic heterocycles. The second kappa shape index (κ2) is 4.30. The normalized spacial score (nSPS) is 50.2. The van der Waals surface area contributed by atoms with E-state index in [0.717, 1.165) is 44.9 Å². The van der Waals surface area contributed by atoms with Gasteiger partial charge in [-0.15, -0.1) is 0 Å². The van der Waals surface area contributed by atoms with Gasteiger partial charge in [0.05, 0.1) is 11.2 Å². The van der Waals surface area contributed by atoms with Gasteiger partial charge in [-0.3, -0.25) is 0 Å². The van der Waals surface area contributed by atoms with E-state index in [-0.39, 0.29) is 0 Å². The summed E-state index contributed by atoms with van der Waals surface area (Å²) in [5.41, 5.74) is -1.60. The number of rotatable bonds is 1. The fourth-order valence-electron chi connectivity index (χ4n) is 3.65. The van der Waals surface area contributed by atoms with Crippen molar-refractivity contribution in [2.24, 2.45) is 11.8 Å². The molecule has 2 heteroatoms. The lowest BCUT2D eigenvalue weighted by Gasteiger charge is -2.50. The van der Waals surface area contributed by atoms with Gasteiger partial charge in [-0.05, 0) is 50.4 Å². The molecule has 0 amide bonds. The van der Waals surface area contributed by atoms with E-state index in [0.29, 0.717) is 11.8 Å². The van der Waals surface area contributed by atoms with Gasteiger partial charge in [0.15, 0.2) is 0 Å². The van der Waals surface area contributed by atoms with Gasteiger partial charge in [0, 0.05) is 0 Å². The van der Waals surface area contributed by atoms with Crippen LogP contribution >= 0.6 is 0 Å². The van der Waals surface area contributed by atoms with Gasteiger partial charge in [-0.1, -0.05) is 26.7 Å². The third-order valence-corrected chi connectivity index (χ3v) is 4.94. The fourth-order valence-corrected chi connectivity index (χ4v) is 3.65. The Morgan fingerprint density at radius 3 is 2.00 bits per heavy atom. The van der Waals surface area contributed by atoms with E-state index in [4.69, 9.17) is 0 Å². The summed E-state index contributed by atoms with van der Waals surface area (Å²) >= 11 is 0. The van der Waals surface area contributed by atoms with Crippen molar-refractivity contribution in [3.8, 4) is 0 Å². The minimum atomic E-state index is -0.801. The Bertz CT molecular complexity index is 243. The Balaban J connectivity index is 2.09.